The predicted molar refractivity (Wildman–Crippen MR) is 126 cm³/mol. The molecule has 0 bridgehead atoms. The minimum Gasteiger partial charge on any atom is -0.497 e. The van der Waals surface area contributed by atoms with Gasteiger partial charge in [0.05, 0.1) is 21.3 Å². The maximum absolute atomic E-state index is 5.41. The molecule has 1 aliphatic rings. The Morgan fingerprint density at radius 1 is 0.935 bits per heavy atom. The zero-order valence-corrected chi connectivity index (χ0v) is 19.0. The lowest BCUT2D eigenvalue weighted by Gasteiger charge is -2.34. The highest BCUT2D eigenvalue weighted by Crippen LogP contribution is 2.30. The fourth-order valence-electron chi connectivity index (χ4n) is 3.76. The second-order valence-corrected chi connectivity index (χ2v) is 7.57. The van der Waals surface area contributed by atoms with Gasteiger partial charge in [-0.3, -0.25) is 4.99 Å². The van der Waals surface area contributed by atoms with Gasteiger partial charge in [0, 0.05) is 56.6 Å². The molecular formula is C24H34N4O3. The molecule has 1 aliphatic heterocycles. The SMILES string of the molecule is CN=C(NCCc1ccc(OC)cc1)NC1CCN(c2cc(OC)cc(OC)c2)CC1. The average molecular weight is 427 g/mol. The summed E-state index contributed by atoms with van der Waals surface area (Å²) in [6.07, 6.45) is 3.01. The van der Waals surface area contributed by atoms with Crippen molar-refractivity contribution in [2.75, 3.05) is 52.9 Å². The molecule has 31 heavy (non-hydrogen) atoms. The van der Waals surface area contributed by atoms with Crippen molar-refractivity contribution in [2.45, 2.75) is 25.3 Å². The molecule has 2 N–H and O–H groups in total. The zero-order chi connectivity index (χ0) is 22.1. The highest BCUT2D eigenvalue weighted by Gasteiger charge is 2.21. The zero-order valence-electron chi connectivity index (χ0n) is 19.0. The second-order valence-electron chi connectivity index (χ2n) is 7.57. The molecule has 0 spiro atoms. The van der Waals surface area contributed by atoms with Gasteiger partial charge < -0.3 is 29.7 Å². The van der Waals surface area contributed by atoms with E-state index < -0.39 is 0 Å². The van der Waals surface area contributed by atoms with Crippen LogP contribution in [0.4, 0.5) is 5.69 Å². The molecule has 1 fully saturated rings. The lowest BCUT2D eigenvalue weighted by atomic mass is 10.0. The molecular weight excluding hydrogens is 392 g/mol. The molecule has 0 aromatic heterocycles. The smallest absolute Gasteiger partial charge is 0.191 e. The van der Waals surface area contributed by atoms with Gasteiger partial charge in [-0.05, 0) is 37.0 Å². The van der Waals surface area contributed by atoms with Gasteiger partial charge in [-0.25, -0.2) is 0 Å². The first-order chi connectivity index (χ1) is 15.1. The molecule has 0 saturated carbocycles. The van der Waals surface area contributed by atoms with Crippen molar-refractivity contribution in [2.24, 2.45) is 4.99 Å². The molecule has 2 aromatic rings. The van der Waals surface area contributed by atoms with Crippen LogP contribution in [0.5, 0.6) is 17.2 Å². The van der Waals surface area contributed by atoms with E-state index in [1.807, 2.05) is 25.2 Å². The van der Waals surface area contributed by atoms with Crippen LogP contribution in [0, 0.1) is 0 Å². The van der Waals surface area contributed by atoms with Gasteiger partial charge in [0.15, 0.2) is 5.96 Å². The van der Waals surface area contributed by atoms with Crippen LogP contribution in [0.15, 0.2) is 47.5 Å². The monoisotopic (exact) mass is 426 g/mol. The third kappa shape index (κ3) is 6.44. The van der Waals surface area contributed by atoms with Crippen LogP contribution in [0.1, 0.15) is 18.4 Å². The minimum absolute atomic E-state index is 0.399. The van der Waals surface area contributed by atoms with Gasteiger partial charge in [0.25, 0.3) is 0 Å². The van der Waals surface area contributed by atoms with E-state index in [4.69, 9.17) is 14.2 Å². The maximum Gasteiger partial charge on any atom is 0.191 e. The number of rotatable bonds is 8. The molecule has 0 amide bonds. The molecule has 3 rings (SSSR count). The molecule has 0 atom stereocenters. The Bertz CT molecular complexity index is 824. The summed E-state index contributed by atoms with van der Waals surface area (Å²) in [4.78, 5) is 6.77. The van der Waals surface area contributed by atoms with Crippen molar-refractivity contribution in [1.82, 2.24) is 10.6 Å². The minimum atomic E-state index is 0.399. The number of anilines is 1. The molecule has 0 unspecified atom stereocenters. The van der Waals surface area contributed by atoms with Crippen molar-refractivity contribution >= 4 is 11.6 Å². The number of nitrogens with one attached hydrogen (secondary N) is 2. The van der Waals surface area contributed by atoms with Crippen molar-refractivity contribution < 1.29 is 14.2 Å². The predicted octanol–water partition coefficient (Wildman–Crippen LogP) is 3.09. The highest BCUT2D eigenvalue weighted by molar-refractivity contribution is 5.80. The number of hydrogen-bond acceptors (Lipinski definition) is 5. The van der Waals surface area contributed by atoms with Crippen LogP contribution < -0.4 is 29.7 Å². The Morgan fingerprint density at radius 3 is 2.10 bits per heavy atom. The van der Waals surface area contributed by atoms with E-state index in [2.05, 4.69) is 44.8 Å². The van der Waals surface area contributed by atoms with E-state index in [0.29, 0.717) is 6.04 Å². The van der Waals surface area contributed by atoms with E-state index in [1.165, 1.54) is 5.56 Å². The topological polar surface area (TPSA) is 67.4 Å². The van der Waals surface area contributed by atoms with Gasteiger partial charge in [-0.1, -0.05) is 12.1 Å². The van der Waals surface area contributed by atoms with E-state index in [9.17, 15) is 0 Å². The van der Waals surface area contributed by atoms with Crippen LogP contribution in [-0.4, -0.2) is 60.0 Å². The summed E-state index contributed by atoms with van der Waals surface area (Å²) >= 11 is 0. The number of benzene rings is 2. The summed E-state index contributed by atoms with van der Waals surface area (Å²) in [6.45, 7) is 2.77. The number of hydrogen-bond donors (Lipinski definition) is 2. The number of nitrogens with zero attached hydrogens (tertiary/aromatic N) is 2. The molecule has 7 heteroatoms. The van der Waals surface area contributed by atoms with Crippen molar-refractivity contribution in [3.8, 4) is 17.2 Å². The van der Waals surface area contributed by atoms with Gasteiger partial charge in [-0.15, -0.1) is 0 Å². The summed E-state index contributed by atoms with van der Waals surface area (Å²) in [5, 5.41) is 7.00. The first kappa shape index (κ1) is 22.6. The summed E-state index contributed by atoms with van der Waals surface area (Å²) in [5.74, 6) is 3.37. The Balaban J connectivity index is 1.45. The third-order valence-electron chi connectivity index (χ3n) is 5.63. The molecule has 2 aromatic carbocycles. The number of ether oxygens (including phenoxy) is 3. The van der Waals surface area contributed by atoms with Gasteiger partial charge in [0.2, 0.25) is 0 Å². The number of guanidine groups is 1. The molecule has 168 valence electrons. The third-order valence-corrected chi connectivity index (χ3v) is 5.63. The normalized spacial score (nSPS) is 14.8. The summed E-state index contributed by atoms with van der Waals surface area (Å²) in [5.41, 5.74) is 2.41. The largest absolute Gasteiger partial charge is 0.497 e. The Labute approximate surface area is 185 Å². The van der Waals surface area contributed by atoms with Crippen LogP contribution in [0.2, 0.25) is 0 Å². The van der Waals surface area contributed by atoms with E-state index in [-0.39, 0.29) is 0 Å². The van der Waals surface area contributed by atoms with Gasteiger partial charge in [0.1, 0.15) is 17.2 Å². The molecule has 1 heterocycles. The van der Waals surface area contributed by atoms with Crippen molar-refractivity contribution in [1.29, 1.82) is 0 Å². The Kier molecular flexibility index (Phi) is 8.27. The van der Waals surface area contributed by atoms with E-state index in [1.54, 1.807) is 21.3 Å². The molecule has 1 saturated heterocycles. The maximum atomic E-state index is 5.41. The quantitative estimate of drug-likeness (QED) is 0.500. The number of piperidine rings is 1. The first-order valence-corrected chi connectivity index (χ1v) is 10.7. The van der Waals surface area contributed by atoms with Crippen LogP contribution in [0.25, 0.3) is 0 Å². The van der Waals surface area contributed by atoms with Gasteiger partial charge >= 0.3 is 0 Å². The molecule has 0 radical (unpaired) electrons. The Morgan fingerprint density at radius 2 is 1.55 bits per heavy atom. The summed E-state index contributed by atoms with van der Waals surface area (Å²) < 4.78 is 16.0. The number of methoxy groups -OCH3 is 3. The standard InChI is InChI=1S/C24H34N4O3/c1-25-24(26-12-9-18-5-7-21(29-2)8-6-18)27-19-10-13-28(14-11-19)20-15-22(30-3)17-23(16-20)31-4/h5-8,15-17,19H,9-14H2,1-4H3,(H2,25,26,27). The summed E-state index contributed by atoms with van der Waals surface area (Å²) in [6, 6.07) is 14.6. The fraction of sp³-hybridized carbons (Fsp3) is 0.458. The average Bonchev–Trinajstić information content (AvgIpc) is 2.83. The highest BCUT2D eigenvalue weighted by atomic mass is 16.5. The molecule has 0 aliphatic carbocycles. The lowest BCUT2D eigenvalue weighted by molar-refractivity contribution is 0.393. The lowest BCUT2D eigenvalue weighted by Crippen LogP contribution is -2.49. The van der Waals surface area contributed by atoms with Crippen LogP contribution >= 0.6 is 0 Å². The first-order valence-electron chi connectivity index (χ1n) is 10.7. The second kappa shape index (κ2) is 11.3. The summed E-state index contributed by atoms with van der Waals surface area (Å²) in [7, 11) is 6.87. The molecule has 7 nitrogen and oxygen atoms in total. The van der Waals surface area contributed by atoms with Crippen molar-refractivity contribution in [3.05, 3.63) is 48.0 Å². The van der Waals surface area contributed by atoms with Gasteiger partial charge in [-0.2, -0.15) is 0 Å². The Hall–Kier alpha value is -3.09. The van der Waals surface area contributed by atoms with Crippen LogP contribution in [-0.2, 0) is 6.42 Å². The van der Waals surface area contributed by atoms with Crippen molar-refractivity contribution in [3.63, 3.8) is 0 Å². The van der Waals surface area contributed by atoms with E-state index >= 15 is 0 Å². The number of aliphatic imine (C=N–C) groups is 1. The fourth-order valence-corrected chi connectivity index (χ4v) is 3.76. The van der Waals surface area contributed by atoms with Crippen LogP contribution in [0.3, 0.4) is 0 Å². The van der Waals surface area contributed by atoms with E-state index in [0.717, 1.165) is 67.8 Å².